The lowest BCUT2D eigenvalue weighted by atomic mass is 10.2. The van der Waals surface area contributed by atoms with Crippen molar-refractivity contribution in [1.82, 2.24) is 9.97 Å². The topological polar surface area (TPSA) is 87.3 Å². The summed E-state index contributed by atoms with van der Waals surface area (Å²) in [5.41, 5.74) is 3.45. The third-order valence-electron chi connectivity index (χ3n) is 2.42. The zero-order chi connectivity index (χ0) is 12.1. The molecule has 6 nitrogen and oxygen atoms in total. The van der Waals surface area contributed by atoms with Crippen molar-refractivity contribution >= 4 is 11.6 Å². The van der Waals surface area contributed by atoms with Gasteiger partial charge in [0.1, 0.15) is 17.5 Å². The van der Waals surface area contributed by atoms with Crippen LogP contribution in [0.4, 0.5) is 11.6 Å². The zero-order valence-corrected chi connectivity index (χ0v) is 9.99. The summed E-state index contributed by atoms with van der Waals surface area (Å²) in [5.74, 6) is 7.57. The Morgan fingerprint density at radius 2 is 2.12 bits per heavy atom. The van der Waals surface area contributed by atoms with Crippen LogP contribution < -0.4 is 16.2 Å². The number of nitrogens with two attached hydrogens (primary N) is 1. The van der Waals surface area contributed by atoms with Crippen molar-refractivity contribution in [2.75, 3.05) is 30.5 Å². The molecule has 0 radical (unpaired) electrons. The largest absolute Gasteiger partial charge is 0.395 e. The van der Waals surface area contributed by atoms with E-state index in [9.17, 15) is 0 Å². The first-order valence-electron chi connectivity index (χ1n) is 5.30. The molecule has 6 heteroatoms. The Balaban J connectivity index is 3.15. The van der Waals surface area contributed by atoms with Crippen molar-refractivity contribution < 1.29 is 5.11 Å². The first-order valence-corrected chi connectivity index (χ1v) is 5.30. The van der Waals surface area contributed by atoms with Crippen LogP contribution in [0, 0.1) is 6.92 Å². The molecular weight excluding hydrogens is 206 g/mol. The molecule has 0 saturated heterocycles. The summed E-state index contributed by atoms with van der Waals surface area (Å²) in [7, 11) is 1.88. The van der Waals surface area contributed by atoms with E-state index < -0.39 is 0 Å². The number of nitrogens with one attached hydrogen (secondary N) is 1. The molecule has 0 aromatic carbocycles. The summed E-state index contributed by atoms with van der Waals surface area (Å²) in [6.07, 6.45) is 0.745. The molecule has 0 aliphatic heterocycles. The fraction of sp³-hybridized carbons (Fsp3) is 0.600. The van der Waals surface area contributed by atoms with Gasteiger partial charge in [-0.1, -0.05) is 6.92 Å². The SMILES string of the molecule is CCc1nc(NN)c(C)c(N(C)CCO)n1. The first kappa shape index (κ1) is 12.7. The van der Waals surface area contributed by atoms with E-state index in [4.69, 9.17) is 10.9 Å². The van der Waals surface area contributed by atoms with Crippen molar-refractivity contribution in [3.05, 3.63) is 11.4 Å². The first-order chi connectivity index (χ1) is 7.63. The van der Waals surface area contributed by atoms with Gasteiger partial charge in [0.15, 0.2) is 0 Å². The van der Waals surface area contributed by atoms with Crippen LogP contribution in [0.1, 0.15) is 18.3 Å². The Morgan fingerprint density at radius 3 is 2.62 bits per heavy atom. The van der Waals surface area contributed by atoms with Gasteiger partial charge in [0, 0.05) is 25.6 Å². The van der Waals surface area contributed by atoms with Gasteiger partial charge in [-0.3, -0.25) is 0 Å². The molecule has 0 aliphatic rings. The number of hydrazine groups is 1. The highest BCUT2D eigenvalue weighted by Crippen LogP contribution is 2.21. The zero-order valence-electron chi connectivity index (χ0n) is 9.99. The van der Waals surface area contributed by atoms with Gasteiger partial charge in [-0.25, -0.2) is 15.8 Å². The minimum absolute atomic E-state index is 0.0901. The van der Waals surface area contributed by atoms with Crippen molar-refractivity contribution in [1.29, 1.82) is 0 Å². The Labute approximate surface area is 95.5 Å². The standard InChI is InChI=1S/C10H19N5O/c1-4-8-12-9(14-11)7(2)10(13-8)15(3)5-6-16/h16H,4-6,11H2,1-3H3,(H,12,13,14). The number of aliphatic hydroxyl groups is 1. The number of hydrogen-bond donors (Lipinski definition) is 3. The highest BCUT2D eigenvalue weighted by molar-refractivity contribution is 5.57. The number of nitrogens with zero attached hydrogens (tertiary/aromatic N) is 3. The Morgan fingerprint density at radius 1 is 1.44 bits per heavy atom. The summed E-state index contributed by atoms with van der Waals surface area (Å²) in [4.78, 5) is 10.6. The third-order valence-corrected chi connectivity index (χ3v) is 2.42. The molecule has 0 atom stereocenters. The fourth-order valence-corrected chi connectivity index (χ4v) is 1.48. The number of rotatable bonds is 5. The van der Waals surface area contributed by atoms with Crippen molar-refractivity contribution in [3.8, 4) is 0 Å². The second-order valence-electron chi connectivity index (χ2n) is 3.58. The Kier molecular flexibility index (Phi) is 4.45. The number of anilines is 2. The molecule has 0 unspecified atom stereocenters. The normalized spacial score (nSPS) is 10.3. The van der Waals surface area contributed by atoms with E-state index in [1.165, 1.54) is 0 Å². The molecule has 1 aromatic heterocycles. The van der Waals surface area contributed by atoms with Crippen LogP contribution >= 0.6 is 0 Å². The second kappa shape index (κ2) is 5.62. The molecule has 90 valence electrons. The highest BCUT2D eigenvalue weighted by Gasteiger charge is 2.12. The lowest BCUT2D eigenvalue weighted by Gasteiger charge is -2.20. The van der Waals surface area contributed by atoms with Crippen molar-refractivity contribution in [2.45, 2.75) is 20.3 Å². The molecular formula is C10H19N5O. The van der Waals surface area contributed by atoms with Gasteiger partial charge in [-0.05, 0) is 6.92 Å². The number of aliphatic hydroxyl groups excluding tert-OH is 1. The summed E-state index contributed by atoms with van der Waals surface area (Å²) in [6.45, 7) is 4.51. The van der Waals surface area contributed by atoms with Gasteiger partial charge in [0.2, 0.25) is 0 Å². The lowest BCUT2D eigenvalue weighted by Crippen LogP contribution is -2.25. The van der Waals surface area contributed by atoms with Crippen LogP contribution in [0.2, 0.25) is 0 Å². The van der Waals surface area contributed by atoms with Crippen LogP contribution in [0.5, 0.6) is 0 Å². The molecule has 1 rings (SSSR count). The van der Waals surface area contributed by atoms with Gasteiger partial charge in [0.25, 0.3) is 0 Å². The number of aromatic nitrogens is 2. The lowest BCUT2D eigenvalue weighted by molar-refractivity contribution is 0.303. The molecule has 0 saturated carbocycles. The maximum absolute atomic E-state index is 8.92. The van der Waals surface area contributed by atoms with E-state index in [0.29, 0.717) is 12.4 Å². The maximum atomic E-state index is 8.92. The smallest absolute Gasteiger partial charge is 0.148 e. The van der Waals surface area contributed by atoms with E-state index >= 15 is 0 Å². The number of hydrogen-bond acceptors (Lipinski definition) is 6. The van der Waals surface area contributed by atoms with Crippen LogP contribution in [0.25, 0.3) is 0 Å². The van der Waals surface area contributed by atoms with E-state index in [2.05, 4.69) is 15.4 Å². The van der Waals surface area contributed by atoms with Gasteiger partial charge in [0.05, 0.1) is 6.61 Å². The number of nitrogen functional groups attached to an aromatic ring is 1. The van der Waals surface area contributed by atoms with E-state index in [-0.39, 0.29) is 6.61 Å². The Hall–Kier alpha value is -1.40. The molecule has 0 bridgehead atoms. The quantitative estimate of drug-likeness (QED) is 0.485. The monoisotopic (exact) mass is 225 g/mol. The summed E-state index contributed by atoms with van der Waals surface area (Å²) in [6, 6.07) is 0. The third kappa shape index (κ3) is 2.59. The maximum Gasteiger partial charge on any atom is 0.148 e. The van der Waals surface area contributed by atoms with Crippen LogP contribution in [0.3, 0.4) is 0 Å². The molecule has 0 aliphatic carbocycles. The molecule has 16 heavy (non-hydrogen) atoms. The predicted octanol–water partition coefficient (Wildman–Crippen LogP) is 0.0615. The minimum atomic E-state index is 0.0901. The van der Waals surface area contributed by atoms with Gasteiger partial charge in [-0.2, -0.15) is 0 Å². The summed E-state index contributed by atoms with van der Waals surface area (Å²) < 4.78 is 0. The highest BCUT2D eigenvalue weighted by atomic mass is 16.3. The van der Waals surface area contributed by atoms with E-state index in [1.807, 2.05) is 25.8 Å². The summed E-state index contributed by atoms with van der Waals surface area (Å²) in [5, 5.41) is 8.92. The van der Waals surface area contributed by atoms with Crippen molar-refractivity contribution in [3.63, 3.8) is 0 Å². The molecule has 1 aromatic rings. The molecule has 0 spiro atoms. The summed E-state index contributed by atoms with van der Waals surface area (Å²) >= 11 is 0. The molecule has 1 heterocycles. The fourth-order valence-electron chi connectivity index (χ4n) is 1.48. The van der Waals surface area contributed by atoms with E-state index in [1.54, 1.807) is 0 Å². The number of likely N-dealkylation sites (N-methyl/N-ethyl adjacent to an activating group) is 1. The van der Waals surface area contributed by atoms with Crippen LogP contribution in [-0.4, -0.2) is 35.3 Å². The molecule has 0 fully saturated rings. The Bertz CT molecular complexity index is 355. The number of aryl methyl sites for hydroxylation is 1. The average Bonchev–Trinajstić information content (AvgIpc) is 2.29. The van der Waals surface area contributed by atoms with Crippen LogP contribution in [0.15, 0.2) is 0 Å². The molecule has 4 N–H and O–H groups in total. The van der Waals surface area contributed by atoms with Gasteiger partial charge >= 0.3 is 0 Å². The predicted molar refractivity (Wildman–Crippen MR) is 64.3 cm³/mol. The van der Waals surface area contributed by atoms with Gasteiger partial charge in [-0.15, -0.1) is 0 Å². The van der Waals surface area contributed by atoms with Crippen molar-refractivity contribution in [2.24, 2.45) is 5.84 Å². The molecule has 0 amide bonds. The van der Waals surface area contributed by atoms with Crippen LogP contribution in [-0.2, 0) is 6.42 Å². The second-order valence-corrected chi connectivity index (χ2v) is 3.58. The minimum Gasteiger partial charge on any atom is -0.395 e. The van der Waals surface area contributed by atoms with Gasteiger partial charge < -0.3 is 15.4 Å². The average molecular weight is 225 g/mol. The van der Waals surface area contributed by atoms with E-state index in [0.717, 1.165) is 23.6 Å².